The van der Waals surface area contributed by atoms with Gasteiger partial charge in [-0.2, -0.15) is 0 Å². The Morgan fingerprint density at radius 2 is 0.981 bits per heavy atom. The summed E-state index contributed by atoms with van der Waals surface area (Å²) in [6.07, 6.45) is 0. The van der Waals surface area contributed by atoms with Crippen molar-refractivity contribution in [3.63, 3.8) is 0 Å². The van der Waals surface area contributed by atoms with Crippen molar-refractivity contribution in [1.82, 2.24) is 0 Å². The van der Waals surface area contributed by atoms with Gasteiger partial charge in [0.1, 0.15) is 27.9 Å². The lowest BCUT2D eigenvalue weighted by Gasteiger charge is -2.26. The lowest BCUT2D eigenvalue weighted by molar-refractivity contribution is 0.663. The number of benzene rings is 8. The highest BCUT2D eigenvalue weighted by Crippen LogP contribution is 2.48. The lowest BCUT2D eigenvalue weighted by atomic mass is 9.98. The van der Waals surface area contributed by atoms with Crippen LogP contribution in [0, 0.1) is 0 Å². The van der Waals surface area contributed by atoms with E-state index in [1.54, 1.807) is 0 Å². The van der Waals surface area contributed by atoms with Crippen LogP contribution in [0.15, 0.2) is 177 Å². The Hall–Kier alpha value is -6.82. The number of anilines is 3. The average molecular weight is 698 g/mol. The third-order valence-corrected chi connectivity index (χ3v) is 11.9. The summed E-state index contributed by atoms with van der Waals surface area (Å²) >= 11 is 1.83. The van der Waals surface area contributed by atoms with Crippen LogP contribution in [0.1, 0.15) is 0 Å². The molecule has 12 aromatic rings. The second-order valence-electron chi connectivity index (χ2n) is 13.6. The molecule has 4 heterocycles. The first-order valence-electron chi connectivity index (χ1n) is 17.7. The first-order valence-corrected chi connectivity index (χ1v) is 18.6. The maximum Gasteiger partial charge on any atom is 0.159 e. The van der Waals surface area contributed by atoms with E-state index in [0.717, 1.165) is 94.0 Å². The van der Waals surface area contributed by atoms with E-state index in [-0.39, 0.29) is 0 Å². The zero-order chi connectivity index (χ0) is 34.6. The smallest absolute Gasteiger partial charge is 0.159 e. The van der Waals surface area contributed by atoms with E-state index in [9.17, 15) is 0 Å². The van der Waals surface area contributed by atoms with E-state index in [2.05, 4.69) is 138 Å². The molecule has 0 saturated heterocycles. The van der Waals surface area contributed by atoms with Crippen molar-refractivity contribution in [2.75, 3.05) is 4.90 Å². The number of rotatable bonds is 4. The van der Waals surface area contributed by atoms with Crippen LogP contribution in [0.5, 0.6) is 0 Å². The quantitative estimate of drug-likeness (QED) is 0.184. The zero-order valence-corrected chi connectivity index (χ0v) is 29.0. The summed E-state index contributed by atoms with van der Waals surface area (Å²) < 4.78 is 22.1. The van der Waals surface area contributed by atoms with Crippen LogP contribution in [-0.2, 0) is 0 Å². The molecule has 0 unspecified atom stereocenters. The van der Waals surface area contributed by atoms with Gasteiger partial charge in [-0.15, -0.1) is 11.3 Å². The van der Waals surface area contributed by atoms with Crippen LogP contribution >= 0.6 is 11.3 Å². The number of hydrogen-bond acceptors (Lipinski definition) is 5. The molecule has 0 atom stereocenters. The minimum atomic E-state index is 0.817. The molecule has 0 bridgehead atoms. The second kappa shape index (κ2) is 10.8. The first kappa shape index (κ1) is 28.8. The van der Waals surface area contributed by atoms with Gasteiger partial charge in [-0.05, 0) is 71.8 Å². The molecule has 4 aromatic heterocycles. The molecule has 53 heavy (non-hydrogen) atoms. The summed E-state index contributed by atoms with van der Waals surface area (Å²) in [5.74, 6) is 0. The third-order valence-electron chi connectivity index (χ3n) is 10.7. The molecule has 5 heteroatoms. The highest BCUT2D eigenvalue weighted by molar-refractivity contribution is 7.26. The van der Waals surface area contributed by atoms with Gasteiger partial charge >= 0.3 is 0 Å². The molecule has 0 aliphatic rings. The predicted octanol–water partition coefficient (Wildman–Crippen LogP) is 14.9. The van der Waals surface area contributed by atoms with Gasteiger partial charge in [0.25, 0.3) is 0 Å². The molecule has 12 rings (SSSR count). The molecule has 0 saturated carbocycles. The topological polar surface area (TPSA) is 42.7 Å². The first-order chi connectivity index (χ1) is 26.3. The van der Waals surface area contributed by atoms with Crippen LogP contribution < -0.4 is 4.90 Å². The summed E-state index contributed by atoms with van der Waals surface area (Å²) in [4.78, 5) is 2.36. The van der Waals surface area contributed by atoms with Gasteiger partial charge < -0.3 is 18.2 Å². The Morgan fingerprint density at radius 3 is 1.79 bits per heavy atom. The largest absolute Gasteiger partial charge is 0.456 e. The SMILES string of the molecule is c1ccc2c(c1)oc1c(N(c3ccc(-c4cccc5oc6ccc7c8ccccc8oc7c6c45)cc3)c3cccc4c3sc3ccccc34)cccc12. The Labute approximate surface area is 306 Å². The molecular weight excluding hydrogens is 671 g/mol. The lowest BCUT2D eigenvalue weighted by Crippen LogP contribution is -2.10. The Kier molecular flexibility index (Phi) is 5.90. The Morgan fingerprint density at radius 1 is 0.377 bits per heavy atom. The molecule has 0 N–H and O–H groups in total. The maximum absolute atomic E-state index is 6.65. The van der Waals surface area contributed by atoms with Crippen molar-refractivity contribution in [3.8, 4) is 11.1 Å². The summed E-state index contributed by atoms with van der Waals surface area (Å²) in [7, 11) is 0. The number of para-hydroxylation sites is 3. The van der Waals surface area contributed by atoms with Crippen molar-refractivity contribution >= 4 is 114 Å². The number of fused-ring (bicyclic) bond motifs is 13. The molecule has 8 aromatic carbocycles. The molecule has 0 aliphatic heterocycles. The number of nitrogens with zero attached hydrogens (tertiary/aromatic N) is 1. The van der Waals surface area contributed by atoms with Crippen molar-refractivity contribution in [1.29, 1.82) is 0 Å². The van der Waals surface area contributed by atoms with Gasteiger partial charge in [0, 0.05) is 48.1 Å². The summed E-state index contributed by atoms with van der Waals surface area (Å²) in [5, 5.41) is 8.97. The highest BCUT2D eigenvalue weighted by Gasteiger charge is 2.23. The van der Waals surface area contributed by atoms with E-state index >= 15 is 0 Å². The van der Waals surface area contributed by atoms with Gasteiger partial charge in [0.2, 0.25) is 0 Å². The molecule has 248 valence electrons. The molecule has 0 fully saturated rings. The minimum absolute atomic E-state index is 0.817. The molecule has 0 amide bonds. The second-order valence-corrected chi connectivity index (χ2v) is 14.6. The molecule has 0 aliphatic carbocycles. The van der Waals surface area contributed by atoms with Gasteiger partial charge in [0.05, 0.1) is 21.5 Å². The maximum atomic E-state index is 6.65. The Bertz CT molecular complexity index is 3300. The summed E-state index contributed by atoms with van der Waals surface area (Å²) in [6, 6.07) is 57.6. The minimum Gasteiger partial charge on any atom is -0.456 e. The Balaban J connectivity index is 1.09. The fraction of sp³-hybridized carbons (Fsp3) is 0. The van der Waals surface area contributed by atoms with Gasteiger partial charge in [-0.1, -0.05) is 103 Å². The van der Waals surface area contributed by atoms with Gasteiger partial charge in [0.15, 0.2) is 5.58 Å². The van der Waals surface area contributed by atoms with Crippen molar-refractivity contribution in [2.24, 2.45) is 0 Å². The fourth-order valence-electron chi connectivity index (χ4n) is 8.34. The van der Waals surface area contributed by atoms with Gasteiger partial charge in [-0.3, -0.25) is 0 Å². The van der Waals surface area contributed by atoms with E-state index in [0.29, 0.717) is 0 Å². The van der Waals surface area contributed by atoms with Crippen LogP contribution in [0.2, 0.25) is 0 Å². The van der Waals surface area contributed by atoms with E-state index in [4.69, 9.17) is 13.3 Å². The van der Waals surface area contributed by atoms with Crippen LogP contribution in [0.4, 0.5) is 17.1 Å². The number of thiophene rings is 1. The summed E-state index contributed by atoms with van der Waals surface area (Å²) in [5.41, 5.74) is 10.5. The standard InChI is InChI=1S/C48H27NO3S/c1-4-18-39-31(10-1)34-14-7-16-37(46(34)51-39)49(38-17-8-15-36-33-12-3-6-21-43(33)53-48(36)38)29-24-22-28(23-25-29)30-13-9-20-41-44(30)45-42(50-41)27-26-35-32-11-2-5-19-40(32)52-47(35)45/h1-27H. The predicted molar refractivity (Wildman–Crippen MR) is 221 cm³/mol. The molecule has 0 radical (unpaired) electrons. The highest BCUT2D eigenvalue weighted by atomic mass is 32.1. The monoisotopic (exact) mass is 697 g/mol. The van der Waals surface area contributed by atoms with Crippen LogP contribution in [0.3, 0.4) is 0 Å². The number of furan rings is 3. The van der Waals surface area contributed by atoms with Crippen LogP contribution in [-0.4, -0.2) is 0 Å². The van der Waals surface area contributed by atoms with E-state index in [1.807, 2.05) is 41.7 Å². The molecule has 4 nitrogen and oxygen atoms in total. The van der Waals surface area contributed by atoms with Gasteiger partial charge in [-0.25, -0.2) is 0 Å². The summed E-state index contributed by atoms with van der Waals surface area (Å²) in [6.45, 7) is 0. The van der Waals surface area contributed by atoms with Crippen LogP contribution in [0.25, 0.3) is 97.1 Å². The van der Waals surface area contributed by atoms with Crippen molar-refractivity contribution in [3.05, 3.63) is 164 Å². The van der Waals surface area contributed by atoms with Crippen molar-refractivity contribution < 1.29 is 13.3 Å². The zero-order valence-electron chi connectivity index (χ0n) is 28.2. The van der Waals surface area contributed by atoms with Crippen molar-refractivity contribution in [2.45, 2.75) is 0 Å². The number of hydrogen-bond donors (Lipinski definition) is 0. The normalized spacial score (nSPS) is 12.2. The fourth-order valence-corrected chi connectivity index (χ4v) is 9.55. The third kappa shape index (κ3) is 4.11. The van der Waals surface area contributed by atoms with E-state index in [1.165, 1.54) is 20.2 Å². The average Bonchev–Trinajstić information content (AvgIpc) is 3.98. The molecular formula is C48H27NO3S. The molecule has 0 spiro atoms. The van der Waals surface area contributed by atoms with E-state index < -0.39 is 0 Å².